The Labute approximate surface area is 115 Å². The number of hydrogen-bond acceptors (Lipinski definition) is 5. The van der Waals surface area contributed by atoms with Gasteiger partial charge in [0.2, 0.25) is 0 Å². The van der Waals surface area contributed by atoms with Crippen LogP contribution in [0.3, 0.4) is 0 Å². The lowest BCUT2D eigenvalue weighted by Gasteiger charge is -2.17. The molecule has 102 valence electrons. The van der Waals surface area contributed by atoms with Crippen molar-refractivity contribution in [3.8, 4) is 11.5 Å². The van der Waals surface area contributed by atoms with E-state index in [0.717, 1.165) is 31.9 Å². The van der Waals surface area contributed by atoms with Crippen molar-refractivity contribution in [3.05, 3.63) is 30.1 Å². The summed E-state index contributed by atoms with van der Waals surface area (Å²) in [5.74, 6) is 0.323. The summed E-state index contributed by atoms with van der Waals surface area (Å²) in [6.07, 6.45) is 6.46. The van der Waals surface area contributed by atoms with E-state index in [1.54, 1.807) is 0 Å². The molecule has 7 heteroatoms. The molecule has 0 unspecified atom stereocenters. The summed E-state index contributed by atoms with van der Waals surface area (Å²) in [5, 5.41) is 3.91. The van der Waals surface area contributed by atoms with E-state index in [1.165, 1.54) is 12.3 Å². The summed E-state index contributed by atoms with van der Waals surface area (Å²) in [4.78, 5) is 8.02. The lowest BCUT2D eigenvalue weighted by atomic mass is 9.99. The van der Waals surface area contributed by atoms with Crippen molar-refractivity contribution in [2.24, 2.45) is 5.73 Å². The van der Waals surface area contributed by atoms with Gasteiger partial charge in [-0.3, -0.25) is 4.98 Å². The van der Waals surface area contributed by atoms with Gasteiger partial charge in [0.15, 0.2) is 5.82 Å². The first-order valence-electron chi connectivity index (χ1n) is 5.91. The standard InChI is InChI=1S/C12H13FN4O.ClH/c13-9-5-8(6-15-7-9)10-16-11(17-18-10)12(14)3-1-2-4-12;/h5-7H,1-4,14H2;1H. The molecule has 0 amide bonds. The van der Waals surface area contributed by atoms with Gasteiger partial charge in [-0.15, -0.1) is 12.4 Å². The fourth-order valence-electron chi connectivity index (χ4n) is 2.30. The average Bonchev–Trinajstić information content (AvgIpc) is 2.98. The molecule has 0 radical (unpaired) electrons. The fraction of sp³-hybridized carbons (Fsp3) is 0.417. The van der Waals surface area contributed by atoms with Crippen LogP contribution >= 0.6 is 12.4 Å². The highest BCUT2D eigenvalue weighted by Crippen LogP contribution is 2.35. The second-order valence-electron chi connectivity index (χ2n) is 4.68. The normalized spacial score (nSPS) is 17.2. The van der Waals surface area contributed by atoms with Gasteiger partial charge in [-0.05, 0) is 18.9 Å². The van der Waals surface area contributed by atoms with E-state index < -0.39 is 11.4 Å². The van der Waals surface area contributed by atoms with E-state index in [1.807, 2.05) is 0 Å². The van der Waals surface area contributed by atoms with Crippen LogP contribution in [0.2, 0.25) is 0 Å². The Bertz CT molecular complexity index is 568. The quantitative estimate of drug-likeness (QED) is 0.916. The smallest absolute Gasteiger partial charge is 0.259 e. The molecule has 1 fully saturated rings. The molecule has 2 N–H and O–H groups in total. The molecule has 5 nitrogen and oxygen atoms in total. The molecule has 1 aliphatic carbocycles. The highest BCUT2D eigenvalue weighted by atomic mass is 35.5. The van der Waals surface area contributed by atoms with Crippen molar-refractivity contribution >= 4 is 12.4 Å². The third kappa shape index (κ3) is 2.59. The Balaban J connectivity index is 0.00000133. The van der Waals surface area contributed by atoms with Crippen LogP contribution in [0.15, 0.2) is 23.0 Å². The first kappa shape index (κ1) is 13.9. The van der Waals surface area contributed by atoms with Crippen LogP contribution in [0.4, 0.5) is 4.39 Å². The topological polar surface area (TPSA) is 77.8 Å². The molecule has 0 aliphatic heterocycles. The molecular formula is C12H14ClFN4O. The zero-order valence-electron chi connectivity index (χ0n) is 10.2. The Morgan fingerprint density at radius 3 is 2.68 bits per heavy atom. The number of halogens is 2. The molecule has 0 aromatic carbocycles. The van der Waals surface area contributed by atoms with Gasteiger partial charge in [0.05, 0.1) is 17.3 Å². The zero-order chi connectivity index (χ0) is 12.6. The first-order valence-corrected chi connectivity index (χ1v) is 5.91. The van der Waals surface area contributed by atoms with Crippen molar-refractivity contribution in [3.63, 3.8) is 0 Å². The van der Waals surface area contributed by atoms with Gasteiger partial charge in [-0.2, -0.15) is 4.98 Å². The lowest BCUT2D eigenvalue weighted by Crippen LogP contribution is -2.34. The molecule has 19 heavy (non-hydrogen) atoms. The third-order valence-corrected chi connectivity index (χ3v) is 3.32. The molecule has 0 spiro atoms. The van der Waals surface area contributed by atoms with Crippen molar-refractivity contribution in [2.75, 3.05) is 0 Å². The molecule has 2 aromatic rings. The molecule has 0 bridgehead atoms. The maximum atomic E-state index is 13.1. The van der Waals surface area contributed by atoms with E-state index >= 15 is 0 Å². The van der Waals surface area contributed by atoms with Crippen LogP contribution in [0.5, 0.6) is 0 Å². The van der Waals surface area contributed by atoms with E-state index in [-0.39, 0.29) is 18.3 Å². The van der Waals surface area contributed by atoms with E-state index in [2.05, 4.69) is 15.1 Å². The highest BCUT2D eigenvalue weighted by Gasteiger charge is 2.36. The van der Waals surface area contributed by atoms with Crippen molar-refractivity contribution in [2.45, 2.75) is 31.2 Å². The van der Waals surface area contributed by atoms with Crippen LogP contribution in [0.1, 0.15) is 31.5 Å². The number of aromatic nitrogens is 3. The van der Waals surface area contributed by atoms with Crippen LogP contribution in [-0.4, -0.2) is 15.1 Å². The minimum absolute atomic E-state index is 0. The third-order valence-electron chi connectivity index (χ3n) is 3.32. The summed E-state index contributed by atoms with van der Waals surface area (Å²) in [6.45, 7) is 0. The first-order chi connectivity index (χ1) is 8.67. The highest BCUT2D eigenvalue weighted by molar-refractivity contribution is 5.85. The van der Waals surface area contributed by atoms with Gasteiger partial charge in [-0.25, -0.2) is 4.39 Å². The summed E-state index contributed by atoms with van der Waals surface area (Å²) < 4.78 is 18.2. The molecule has 0 atom stereocenters. The summed E-state index contributed by atoms with van der Waals surface area (Å²) >= 11 is 0. The summed E-state index contributed by atoms with van der Waals surface area (Å²) in [5.41, 5.74) is 6.20. The molecule has 2 aromatic heterocycles. The monoisotopic (exact) mass is 284 g/mol. The molecule has 1 aliphatic rings. The average molecular weight is 285 g/mol. The minimum Gasteiger partial charge on any atom is -0.334 e. The number of nitrogens with two attached hydrogens (primary N) is 1. The Hall–Kier alpha value is -1.53. The Kier molecular flexibility index (Phi) is 3.82. The second-order valence-corrected chi connectivity index (χ2v) is 4.68. The summed E-state index contributed by atoms with van der Waals surface area (Å²) in [7, 11) is 0. The second kappa shape index (κ2) is 5.22. The number of rotatable bonds is 2. The Morgan fingerprint density at radius 1 is 1.26 bits per heavy atom. The van der Waals surface area contributed by atoms with E-state index in [0.29, 0.717) is 11.4 Å². The van der Waals surface area contributed by atoms with Crippen molar-refractivity contribution in [1.82, 2.24) is 15.1 Å². The van der Waals surface area contributed by atoms with Gasteiger partial charge >= 0.3 is 0 Å². The SMILES string of the molecule is Cl.NC1(c2noc(-c3cncc(F)c3)n2)CCCC1. The maximum Gasteiger partial charge on any atom is 0.259 e. The van der Waals surface area contributed by atoms with Crippen molar-refractivity contribution < 1.29 is 8.91 Å². The van der Waals surface area contributed by atoms with E-state index in [4.69, 9.17) is 10.3 Å². The van der Waals surface area contributed by atoms with Gasteiger partial charge < -0.3 is 10.3 Å². The van der Waals surface area contributed by atoms with E-state index in [9.17, 15) is 4.39 Å². The number of hydrogen-bond donors (Lipinski definition) is 1. The number of nitrogens with zero attached hydrogens (tertiary/aromatic N) is 3. The van der Waals surface area contributed by atoms with Crippen LogP contribution in [-0.2, 0) is 5.54 Å². The molecular weight excluding hydrogens is 271 g/mol. The van der Waals surface area contributed by atoms with Gasteiger partial charge in [-0.1, -0.05) is 18.0 Å². The molecule has 0 saturated heterocycles. The van der Waals surface area contributed by atoms with Crippen molar-refractivity contribution in [1.29, 1.82) is 0 Å². The molecule has 2 heterocycles. The van der Waals surface area contributed by atoms with Crippen LogP contribution < -0.4 is 5.73 Å². The predicted molar refractivity (Wildman–Crippen MR) is 69.1 cm³/mol. The van der Waals surface area contributed by atoms with Crippen LogP contribution in [0.25, 0.3) is 11.5 Å². The molecule has 3 rings (SSSR count). The zero-order valence-corrected chi connectivity index (χ0v) is 11.0. The van der Waals surface area contributed by atoms with Gasteiger partial charge in [0.25, 0.3) is 5.89 Å². The summed E-state index contributed by atoms with van der Waals surface area (Å²) in [6, 6.07) is 1.31. The van der Waals surface area contributed by atoms with Crippen LogP contribution in [0, 0.1) is 5.82 Å². The minimum atomic E-state index is -0.498. The fourth-order valence-corrected chi connectivity index (χ4v) is 2.30. The van der Waals surface area contributed by atoms with Gasteiger partial charge in [0.1, 0.15) is 5.82 Å². The largest absolute Gasteiger partial charge is 0.334 e. The predicted octanol–water partition coefficient (Wildman–Crippen LogP) is 2.42. The molecule has 1 saturated carbocycles. The Morgan fingerprint density at radius 2 is 2.00 bits per heavy atom. The lowest BCUT2D eigenvalue weighted by molar-refractivity contribution is 0.372. The maximum absolute atomic E-state index is 13.1. The number of pyridine rings is 1. The van der Waals surface area contributed by atoms with Gasteiger partial charge in [0, 0.05) is 6.20 Å².